The van der Waals surface area contributed by atoms with Gasteiger partial charge in [-0.05, 0) is 28.2 Å². The van der Waals surface area contributed by atoms with Crippen LogP contribution < -0.4 is 0 Å². The SMILES string of the molecule is CN(C)CCN(C)C.[Zn+2].[c-]1ccccc1.[c-]1ccccc1. The number of hydrogen-bond donors (Lipinski definition) is 0. The number of hydrogen-bond acceptors (Lipinski definition) is 2. The van der Waals surface area contributed by atoms with E-state index in [4.69, 9.17) is 0 Å². The molecule has 110 valence electrons. The quantitative estimate of drug-likeness (QED) is 0.628. The summed E-state index contributed by atoms with van der Waals surface area (Å²) < 4.78 is 0. The van der Waals surface area contributed by atoms with Crippen LogP contribution in [0.4, 0.5) is 0 Å². The summed E-state index contributed by atoms with van der Waals surface area (Å²) in [5.41, 5.74) is 0. The van der Waals surface area contributed by atoms with Gasteiger partial charge in [-0.3, -0.25) is 0 Å². The molecule has 0 fully saturated rings. The van der Waals surface area contributed by atoms with Crippen molar-refractivity contribution < 1.29 is 19.5 Å². The Balaban J connectivity index is 0. The van der Waals surface area contributed by atoms with E-state index in [9.17, 15) is 0 Å². The Morgan fingerprint density at radius 1 is 0.571 bits per heavy atom. The van der Waals surface area contributed by atoms with Gasteiger partial charge in [-0.1, -0.05) is 0 Å². The van der Waals surface area contributed by atoms with Crippen LogP contribution in [0.5, 0.6) is 0 Å². The molecule has 0 aliphatic carbocycles. The molecule has 0 saturated heterocycles. The minimum atomic E-state index is 0. The van der Waals surface area contributed by atoms with Crippen LogP contribution >= 0.6 is 0 Å². The van der Waals surface area contributed by atoms with E-state index in [-0.39, 0.29) is 19.5 Å². The van der Waals surface area contributed by atoms with Crippen molar-refractivity contribution in [2.45, 2.75) is 0 Å². The molecule has 0 aliphatic heterocycles. The summed E-state index contributed by atoms with van der Waals surface area (Å²) in [4.78, 5) is 4.36. The summed E-state index contributed by atoms with van der Waals surface area (Å²) in [5.74, 6) is 0. The molecule has 0 heterocycles. The zero-order valence-corrected chi connectivity index (χ0v) is 16.8. The van der Waals surface area contributed by atoms with E-state index in [1.807, 2.05) is 60.7 Å². The first kappa shape index (κ1) is 22.3. The molecule has 3 heteroatoms. The van der Waals surface area contributed by atoms with Gasteiger partial charge < -0.3 is 9.80 Å². The molecule has 2 aromatic carbocycles. The number of rotatable bonds is 3. The van der Waals surface area contributed by atoms with Crippen molar-refractivity contribution in [2.24, 2.45) is 0 Å². The monoisotopic (exact) mass is 334 g/mol. The van der Waals surface area contributed by atoms with Gasteiger partial charge in [0, 0.05) is 13.1 Å². The summed E-state index contributed by atoms with van der Waals surface area (Å²) in [6, 6.07) is 25.0. The van der Waals surface area contributed by atoms with E-state index in [1.54, 1.807) is 0 Å². The van der Waals surface area contributed by atoms with Crippen LogP contribution in [0.15, 0.2) is 60.7 Å². The van der Waals surface area contributed by atoms with Crippen molar-refractivity contribution in [3.63, 3.8) is 0 Å². The fourth-order valence-electron chi connectivity index (χ4n) is 1.08. The van der Waals surface area contributed by atoms with E-state index in [1.165, 1.54) is 0 Å². The van der Waals surface area contributed by atoms with Gasteiger partial charge in [0.05, 0.1) is 0 Å². The molecule has 2 rings (SSSR count). The van der Waals surface area contributed by atoms with E-state index in [0.29, 0.717) is 0 Å². The topological polar surface area (TPSA) is 6.48 Å². The Hall–Kier alpha value is -1.02. The molecule has 0 radical (unpaired) electrons. The fourth-order valence-corrected chi connectivity index (χ4v) is 1.08. The Bertz CT molecular complexity index is 284. The van der Waals surface area contributed by atoms with Gasteiger partial charge in [0.1, 0.15) is 0 Å². The molecule has 0 unspecified atom stereocenters. The molecular formula is C18H26N2Zn. The molecule has 0 N–H and O–H groups in total. The van der Waals surface area contributed by atoms with Crippen molar-refractivity contribution >= 4 is 0 Å². The molecule has 0 aromatic heterocycles. The molecule has 2 nitrogen and oxygen atoms in total. The van der Waals surface area contributed by atoms with Crippen molar-refractivity contribution in [1.29, 1.82) is 0 Å². The van der Waals surface area contributed by atoms with Crippen LogP contribution in [-0.2, 0) is 19.5 Å². The van der Waals surface area contributed by atoms with Crippen LogP contribution in [-0.4, -0.2) is 51.1 Å². The predicted octanol–water partition coefficient (Wildman–Crippen LogP) is 3.08. The van der Waals surface area contributed by atoms with Crippen LogP contribution in [0.25, 0.3) is 0 Å². The summed E-state index contributed by atoms with van der Waals surface area (Å²) >= 11 is 0. The Labute approximate surface area is 143 Å². The van der Waals surface area contributed by atoms with E-state index in [2.05, 4.69) is 50.1 Å². The first-order chi connectivity index (χ1) is 9.63. The molecule has 0 spiro atoms. The van der Waals surface area contributed by atoms with Gasteiger partial charge in [-0.15, -0.1) is 0 Å². The van der Waals surface area contributed by atoms with E-state index in [0.717, 1.165) is 13.1 Å². The van der Waals surface area contributed by atoms with E-state index >= 15 is 0 Å². The summed E-state index contributed by atoms with van der Waals surface area (Å²) in [6.07, 6.45) is 0. The molecule has 0 aliphatic rings. The molecule has 0 bridgehead atoms. The molecule has 2 aromatic rings. The predicted molar refractivity (Wildman–Crippen MR) is 87.7 cm³/mol. The maximum atomic E-state index is 2.89. The van der Waals surface area contributed by atoms with Crippen molar-refractivity contribution in [2.75, 3.05) is 41.3 Å². The minimum absolute atomic E-state index is 0. The summed E-state index contributed by atoms with van der Waals surface area (Å²) in [6.45, 7) is 2.29. The van der Waals surface area contributed by atoms with Crippen LogP contribution in [0.1, 0.15) is 0 Å². The Morgan fingerprint density at radius 2 is 0.857 bits per heavy atom. The second kappa shape index (κ2) is 17.0. The first-order valence-electron chi connectivity index (χ1n) is 6.74. The van der Waals surface area contributed by atoms with Gasteiger partial charge in [0.15, 0.2) is 0 Å². The van der Waals surface area contributed by atoms with Crippen molar-refractivity contribution in [3.8, 4) is 0 Å². The van der Waals surface area contributed by atoms with E-state index < -0.39 is 0 Å². The minimum Gasteiger partial charge on any atom is -0.308 e. The zero-order chi connectivity index (χ0) is 15.1. The largest absolute Gasteiger partial charge is 2.00 e. The second-order valence-corrected chi connectivity index (χ2v) is 4.76. The third-order valence-electron chi connectivity index (χ3n) is 2.21. The van der Waals surface area contributed by atoms with Gasteiger partial charge in [-0.2, -0.15) is 72.8 Å². The zero-order valence-electron chi connectivity index (χ0n) is 13.8. The first-order valence-corrected chi connectivity index (χ1v) is 6.74. The standard InChI is InChI=1S/C6H16N2.2C6H5.Zn/c1-7(2)5-6-8(3)4;2*1-2-4-6-5-3-1;/h5-6H2,1-4H3;2*1-5H;/q;2*-1;+2. The molecule has 0 amide bonds. The molecule has 21 heavy (non-hydrogen) atoms. The van der Waals surface area contributed by atoms with Gasteiger partial charge in [-0.25, -0.2) is 0 Å². The van der Waals surface area contributed by atoms with Crippen LogP contribution in [0, 0.1) is 12.1 Å². The summed E-state index contributed by atoms with van der Waals surface area (Å²) in [7, 11) is 8.35. The number of benzene rings is 2. The molecule has 0 saturated carbocycles. The normalized spacial score (nSPS) is 8.86. The van der Waals surface area contributed by atoms with Crippen molar-refractivity contribution in [1.82, 2.24) is 9.80 Å². The van der Waals surface area contributed by atoms with Gasteiger partial charge in [0.2, 0.25) is 0 Å². The van der Waals surface area contributed by atoms with Crippen LogP contribution in [0.3, 0.4) is 0 Å². The average molecular weight is 336 g/mol. The second-order valence-electron chi connectivity index (χ2n) is 4.76. The van der Waals surface area contributed by atoms with Gasteiger partial charge >= 0.3 is 19.5 Å². The van der Waals surface area contributed by atoms with Crippen LogP contribution in [0.2, 0.25) is 0 Å². The number of likely N-dealkylation sites (N-methyl/N-ethyl adjacent to an activating group) is 2. The van der Waals surface area contributed by atoms with Crippen molar-refractivity contribution in [3.05, 3.63) is 72.8 Å². The third-order valence-corrected chi connectivity index (χ3v) is 2.21. The average Bonchev–Trinajstić information content (AvgIpc) is 2.50. The number of nitrogens with zero attached hydrogens (tertiary/aromatic N) is 2. The third kappa shape index (κ3) is 21.4. The maximum Gasteiger partial charge on any atom is 2.00 e. The maximum absolute atomic E-state index is 2.89. The fraction of sp³-hybridized carbons (Fsp3) is 0.333. The Morgan fingerprint density at radius 3 is 0.952 bits per heavy atom. The Kier molecular flexibility index (Phi) is 18.1. The molecular weight excluding hydrogens is 310 g/mol. The molecule has 0 atom stereocenters. The van der Waals surface area contributed by atoms with Gasteiger partial charge in [0.25, 0.3) is 0 Å². The summed E-state index contributed by atoms with van der Waals surface area (Å²) in [5, 5.41) is 0. The smallest absolute Gasteiger partial charge is 0.308 e.